The predicted molar refractivity (Wildman–Crippen MR) is 70.1 cm³/mol. The standard InChI is InChI=1S/C14H26N2O/c1-4-11(2)15(3)7-8-16-12-5-6-13(16)10-14(17)9-12/h11-13H,4-10H2,1-3H3. The molecular weight excluding hydrogens is 212 g/mol. The van der Waals surface area contributed by atoms with Gasteiger partial charge in [-0.15, -0.1) is 0 Å². The number of fused-ring (bicyclic) bond motifs is 2. The summed E-state index contributed by atoms with van der Waals surface area (Å²) in [5.41, 5.74) is 0. The fourth-order valence-electron chi connectivity index (χ4n) is 3.23. The first kappa shape index (κ1) is 13.0. The third-order valence-electron chi connectivity index (χ3n) is 4.75. The van der Waals surface area contributed by atoms with Gasteiger partial charge in [0.15, 0.2) is 0 Å². The maximum absolute atomic E-state index is 11.5. The van der Waals surface area contributed by atoms with Crippen LogP contribution in [0.2, 0.25) is 0 Å². The SMILES string of the molecule is CCC(C)N(C)CCN1C2CCC1CC(=O)C2. The number of carbonyl (C=O) groups is 1. The van der Waals surface area contributed by atoms with Crippen LogP contribution in [0.25, 0.3) is 0 Å². The van der Waals surface area contributed by atoms with Crippen LogP contribution in [0, 0.1) is 0 Å². The molecule has 2 fully saturated rings. The average molecular weight is 238 g/mol. The highest BCUT2D eigenvalue weighted by Crippen LogP contribution is 2.33. The Kier molecular flexibility index (Phi) is 4.21. The van der Waals surface area contributed by atoms with Crippen molar-refractivity contribution in [2.24, 2.45) is 0 Å². The Bertz CT molecular complexity index is 263. The molecule has 0 spiro atoms. The number of Topliss-reactive ketones (excluding diaryl/α,β-unsaturated/α-hetero) is 1. The lowest BCUT2D eigenvalue weighted by Crippen LogP contribution is -2.47. The summed E-state index contributed by atoms with van der Waals surface area (Å²) in [5.74, 6) is 0.490. The lowest BCUT2D eigenvalue weighted by atomic mass is 10.0. The highest BCUT2D eigenvalue weighted by molar-refractivity contribution is 5.80. The van der Waals surface area contributed by atoms with E-state index in [4.69, 9.17) is 0 Å². The molecule has 2 heterocycles. The van der Waals surface area contributed by atoms with E-state index in [2.05, 4.69) is 30.7 Å². The number of hydrogen-bond acceptors (Lipinski definition) is 3. The third kappa shape index (κ3) is 2.89. The Labute approximate surface area is 105 Å². The Morgan fingerprint density at radius 1 is 1.35 bits per heavy atom. The molecule has 0 aromatic carbocycles. The average Bonchev–Trinajstić information content (AvgIpc) is 2.55. The van der Waals surface area contributed by atoms with E-state index in [1.165, 1.54) is 19.3 Å². The molecule has 2 aliphatic heterocycles. The maximum atomic E-state index is 11.5. The molecule has 0 amide bonds. The first-order valence-corrected chi connectivity index (χ1v) is 7.09. The molecule has 0 radical (unpaired) electrons. The van der Waals surface area contributed by atoms with Crippen molar-refractivity contribution in [3.05, 3.63) is 0 Å². The fraction of sp³-hybridized carbons (Fsp3) is 0.929. The molecule has 2 bridgehead atoms. The number of rotatable bonds is 5. The van der Waals surface area contributed by atoms with E-state index in [0.717, 1.165) is 25.9 Å². The summed E-state index contributed by atoms with van der Waals surface area (Å²) < 4.78 is 0. The number of hydrogen-bond donors (Lipinski definition) is 0. The van der Waals surface area contributed by atoms with E-state index in [9.17, 15) is 4.79 Å². The van der Waals surface area contributed by atoms with Gasteiger partial charge in [-0.25, -0.2) is 0 Å². The Hall–Kier alpha value is -0.410. The van der Waals surface area contributed by atoms with Gasteiger partial charge in [-0.1, -0.05) is 6.92 Å². The van der Waals surface area contributed by atoms with Crippen molar-refractivity contribution in [1.82, 2.24) is 9.80 Å². The lowest BCUT2D eigenvalue weighted by molar-refractivity contribution is -0.123. The molecule has 3 unspecified atom stereocenters. The maximum Gasteiger partial charge on any atom is 0.136 e. The van der Waals surface area contributed by atoms with Gasteiger partial charge in [0.25, 0.3) is 0 Å². The van der Waals surface area contributed by atoms with Crippen LogP contribution >= 0.6 is 0 Å². The van der Waals surface area contributed by atoms with Gasteiger partial charge in [-0.05, 0) is 33.2 Å². The van der Waals surface area contributed by atoms with Crippen LogP contribution in [0.3, 0.4) is 0 Å². The van der Waals surface area contributed by atoms with E-state index in [-0.39, 0.29) is 0 Å². The number of nitrogens with zero attached hydrogens (tertiary/aromatic N) is 2. The smallest absolute Gasteiger partial charge is 0.136 e. The van der Waals surface area contributed by atoms with Crippen LogP contribution in [0.4, 0.5) is 0 Å². The molecule has 3 nitrogen and oxygen atoms in total. The van der Waals surface area contributed by atoms with Gasteiger partial charge in [0, 0.05) is 44.1 Å². The van der Waals surface area contributed by atoms with E-state index >= 15 is 0 Å². The zero-order valence-corrected chi connectivity index (χ0v) is 11.5. The Balaban J connectivity index is 1.82. The Morgan fingerprint density at radius 2 is 1.94 bits per heavy atom. The summed E-state index contributed by atoms with van der Waals surface area (Å²) >= 11 is 0. The molecule has 17 heavy (non-hydrogen) atoms. The largest absolute Gasteiger partial charge is 0.302 e. The summed E-state index contributed by atoms with van der Waals surface area (Å²) in [6, 6.07) is 1.79. The second-order valence-electron chi connectivity index (χ2n) is 5.81. The normalized spacial score (nSPS) is 31.2. The Morgan fingerprint density at radius 3 is 2.47 bits per heavy atom. The van der Waals surface area contributed by atoms with Gasteiger partial charge in [-0.2, -0.15) is 0 Å². The van der Waals surface area contributed by atoms with Gasteiger partial charge in [-0.3, -0.25) is 9.69 Å². The molecule has 0 saturated carbocycles. The minimum atomic E-state index is 0.490. The van der Waals surface area contributed by atoms with E-state index in [0.29, 0.717) is 23.9 Å². The minimum absolute atomic E-state index is 0.490. The quantitative estimate of drug-likeness (QED) is 0.731. The van der Waals surface area contributed by atoms with Crippen molar-refractivity contribution in [2.45, 2.75) is 64.1 Å². The molecule has 3 heteroatoms. The predicted octanol–water partition coefficient (Wildman–Crippen LogP) is 1.91. The molecule has 2 rings (SSSR count). The van der Waals surface area contributed by atoms with E-state index in [1.54, 1.807) is 0 Å². The van der Waals surface area contributed by atoms with Crippen molar-refractivity contribution < 1.29 is 4.79 Å². The van der Waals surface area contributed by atoms with Gasteiger partial charge in [0.05, 0.1) is 0 Å². The molecular formula is C14H26N2O. The van der Waals surface area contributed by atoms with Crippen LogP contribution in [0.5, 0.6) is 0 Å². The molecule has 0 aromatic heterocycles. The van der Waals surface area contributed by atoms with Crippen LogP contribution in [-0.4, -0.2) is 53.8 Å². The van der Waals surface area contributed by atoms with Crippen molar-refractivity contribution in [3.8, 4) is 0 Å². The lowest BCUT2D eigenvalue weighted by Gasteiger charge is -2.36. The highest BCUT2D eigenvalue weighted by atomic mass is 16.1. The van der Waals surface area contributed by atoms with Crippen molar-refractivity contribution in [2.75, 3.05) is 20.1 Å². The number of piperidine rings is 1. The minimum Gasteiger partial charge on any atom is -0.302 e. The summed E-state index contributed by atoms with van der Waals surface area (Å²) in [6.07, 6.45) is 5.31. The second kappa shape index (κ2) is 5.49. The molecule has 2 saturated heterocycles. The van der Waals surface area contributed by atoms with Crippen LogP contribution < -0.4 is 0 Å². The van der Waals surface area contributed by atoms with Crippen molar-refractivity contribution >= 4 is 5.78 Å². The monoisotopic (exact) mass is 238 g/mol. The number of carbonyl (C=O) groups excluding carboxylic acids is 1. The van der Waals surface area contributed by atoms with Crippen LogP contribution in [-0.2, 0) is 4.79 Å². The van der Waals surface area contributed by atoms with Crippen LogP contribution in [0.1, 0.15) is 46.0 Å². The molecule has 98 valence electrons. The molecule has 0 aromatic rings. The molecule has 3 atom stereocenters. The van der Waals surface area contributed by atoms with Gasteiger partial charge in [0.1, 0.15) is 5.78 Å². The first-order valence-electron chi connectivity index (χ1n) is 7.09. The summed E-state index contributed by atoms with van der Waals surface area (Å²) in [6.45, 7) is 6.80. The summed E-state index contributed by atoms with van der Waals surface area (Å²) in [7, 11) is 2.21. The zero-order valence-electron chi connectivity index (χ0n) is 11.5. The zero-order chi connectivity index (χ0) is 12.4. The van der Waals surface area contributed by atoms with Crippen molar-refractivity contribution in [3.63, 3.8) is 0 Å². The van der Waals surface area contributed by atoms with Crippen LogP contribution in [0.15, 0.2) is 0 Å². The highest BCUT2D eigenvalue weighted by Gasteiger charge is 2.39. The second-order valence-corrected chi connectivity index (χ2v) is 5.81. The van der Waals surface area contributed by atoms with Crippen molar-refractivity contribution in [1.29, 1.82) is 0 Å². The van der Waals surface area contributed by atoms with Gasteiger partial charge in [0.2, 0.25) is 0 Å². The fourth-order valence-corrected chi connectivity index (χ4v) is 3.23. The summed E-state index contributed by atoms with van der Waals surface area (Å²) in [4.78, 5) is 16.6. The van der Waals surface area contributed by atoms with E-state index < -0.39 is 0 Å². The number of ketones is 1. The molecule has 2 aliphatic rings. The third-order valence-corrected chi connectivity index (χ3v) is 4.75. The first-order chi connectivity index (χ1) is 8.11. The van der Waals surface area contributed by atoms with E-state index in [1.807, 2.05) is 0 Å². The molecule has 0 aliphatic carbocycles. The van der Waals surface area contributed by atoms with Gasteiger partial charge >= 0.3 is 0 Å². The number of likely N-dealkylation sites (N-methyl/N-ethyl adjacent to an activating group) is 1. The summed E-state index contributed by atoms with van der Waals surface area (Å²) in [5, 5.41) is 0. The molecule has 0 N–H and O–H groups in total. The topological polar surface area (TPSA) is 23.6 Å². The van der Waals surface area contributed by atoms with Gasteiger partial charge < -0.3 is 4.90 Å².